The molecule has 1 heterocycles. The van der Waals surface area contributed by atoms with Crippen LogP contribution in [0.25, 0.3) is 10.9 Å². The number of rotatable bonds is 4. The molecule has 0 radical (unpaired) electrons. The second-order valence-corrected chi connectivity index (χ2v) is 5.20. The third-order valence-corrected chi connectivity index (χ3v) is 2.94. The molecule has 86 valence electrons. The van der Waals surface area contributed by atoms with Gasteiger partial charge in [-0.3, -0.25) is 0 Å². The number of nitrogens with one attached hydrogen (secondary N) is 1. The van der Waals surface area contributed by atoms with Crippen LogP contribution in [-0.4, -0.2) is 10.5 Å². The number of aryl methyl sites for hydroxylation is 1. The maximum absolute atomic E-state index is 5.98. The van der Waals surface area contributed by atoms with E-state index in [1.54, 1.807) is 0 Å². The Hall–Kier alpha value is -1.28. The minimum Gasteiger partial charge on any atom is -0.361 e. The molecule has 0 atom stereocenters. The Morgan fingerprint density at radius 3 is 2.75 bits per heavy atom. The van der Waals surface area contributed by atoms with E-state index in [-0.39, 0.29) is 5.54 Å². The van der Waals surface area contributed by atoms with Crippen molar-refractivity contribution in [2.75, 3.05) is 0 Å². The topological polar surface area (TPSA) is 41.8 Å². The fraction of sp³-hybridized carbons (Fsp3) is 0.429. The van der Waals surface area contributed by atoms with E-state index in [2.05, 4.69) is 49.3 Å². The highest BCUT2D eigenvalue weighted by Gasteiger charge is 2.10. The van der Waals surface area contributed by atoms with Crippen LogP contribution in [0.5, 0.6) is 0 Å². The van der Waals surface area contributed by atoms with Gasteiger partial charge in [-0.2, -0.15) is 0 Å². The standard InChI is InChI=1S/C14H20N2/c1-14(2,15)9-5-6-11-10-16-13-8-4-3-7-12(11)13/h3-4,7-8,10,16H,5-6,9,15H2,1-2H3. The average molecular weight is 216 g/mol. The number of aromatic amines is 1. The predicted molar refractivity (Wildman–Crippen MR) is 69.5 cm³/mol. The normalized spacial score (nSPS) is 12.2. The molecule has 0 bridgehead atoms. The molecule has 16 heavy (non-hydrogen) atoms. The smallest absolute Gasteiger partial charge is 0.0456 e. The summed E-state index contributed by atoms with van der Waals surface area (Å²) in [6.07, 6.45) is 5.43. The van der Waals surface area contributed by atoms with E-state index < -0.39 is 0 Å². The predicted octanol–water partition coefficient (Wildman–Crippen LogP) is 3.23. The Labute approximate surface area is 96.9 Å². The summed E-state index contributed by atoms with van der Waals surface area (Å²) >= 11 is 0. The van der Waals surface area contributed by atoms with Crippen LogP contribution < -0.4 is 5.73 Å². The van der Waals surface area contributed by atoms with Crippen molar-refractivity contribution in [1.29, 1.82) is 0 Å². The molecule has 1 aromatic heterocycles. The van der Waals surface area contributed by atoms with Crippen molar-refractivity contribution < 1.29 is 0 Å². The highest BCUT2D eigenvalue weighted by atomic mass is 14.7. The molecular weight excluding hydrogens is 196 g/mol. The fourth-order valence-corrected chi connectivity index (χ4v) is 2.07. The first-order valence-corrected chi connectivity index (χ1v) is 5.90. The minimum atomic E-state index is -0.0495. The van der Waals surface area contributed by atoms with E-state index in [9.17, 15) is 0 Å². The second kappa shape index (κ2) is 4.30. The zero-order valence-electron chi connectivity index (χ0n) is 10.1. The van der Waals surface area contributed by atoms with Gasteiger partial charge in [-0.25, -0.2) is 0 Å². The zero-order chi connectivity index (χ0) is 11.6. The van der Waals surface area contributed by atoms with Crippen LogP contribution in [0.1, 0.15) is 32.3 Å². The lowest BCUT2D eigenvalue weighted by molar-refractivity contribution is 0.459. The molecule has 0 aliphatic heterocycles. The summed E-state index contributed by atoms with van der Waals surface area (Å²) in [7, 11) is 0. The van der Waals surface area contributed by atoms with Gasteiger partial charge in [0.15, 0.2) is 0 Å². The number of aromatic nitrogens is 1. The number of nitrogens with two attached hydrogens (primary N) is 1. The summed E-state index contributed by atoms with van der Waals surface area (Å²) in [6.45, 7) is 4.17. The highest BCUT2D eigenvalue weighted by Crippen LogP contribution is 2.20. The summed E-state index contributed by atoms with van der Waals surface area (Å²) in [5.41, 5.74) is 8.56. The summed E-state index contributed by atoms with van der Waals surface area (Å²) < 4.78 is 0. The highest BCUT2D eigenvalue weighted by molar-refractivity contribution is 5.82. The van der Waals surface area contributed by atoms with E-state index in [1.165, 1.54) is 16.5 Å². The largest absolute Gasteiger partial charge is 0.361 e. The molecule has 0 unspecified atom stereocenters. The molecule has 1 aromatic carbocycles. The van der Waals surface area contributed by atoms with Crippen molar-refractivity contribution in [3.8, 4) is 0 Å². The van der Waals surface area contributed by atoms with Gasteiger partial charge in [-0.05, 0) is 44.7 Å². The summed E-state index contributed by atoms with van der Waals surface area (Å²) in [5, 5.41) is 1.34. The molecule has 2 nitrogen and oxygen atoms in total. The van der Waals surface area contributed by atoms with Crippen molar-refractivity contribution in [3.05, 3.63) is 36.0 Å². The third kappa shape index (κ3) is 2.64. The zero-order valence-corrected chi connectivity index (χ0v) is 10.1. The second-order valence-electron chi connectivity index (χ2n) is 5.20. The van der Waals surface area contributed by atoms with Crippen molar-refractivity contribution in [1.82, 2.24) is 4.98 Å². The summed E-state index contributed by atoms with van der Waals surface area (Å²) in [6, 6.07) is 8.44. The third-order valence-electron chi connectivity index (χ3n) is 2.94. The SMILES string of the molecule is CC(C)(N)CCCc1c[nH]c2ccccc12. The molecule has 2 heteroatoms. The number of H-pyrrole nitrogens is 1. The van der Waals surface area contributed by atoms with Crippen LogP contribution in [0.3, 0.4) is 0 Å². The minimum absolute atomic E-state index is 0.0495. The first-order valence-electron chi connectivity index (χ1n) is 5.90. The molecule has 0 aliphatic rings. The van der Waals surface area contributed by atoms with E-state index in [4.69, 9.17) is 5.73 Å². The van der Waals surface area contributed by atoms with Crippen molar-refractivity contribution >= 4 is 10.9 Å². The Morgan fingerprint density at radius 2 is 2.00 bits per heavy atom. The van der Waals surface area contributed by atoms with Crippen molar-refractivity contribution in [2.24, 2.45) is 5.73 Å². The molecule has 0 saturated heterocycles. The number of benzene rings is 1. The van der Waals surface area contributed by atoms with Gasteiger partial charge < -0.3 is 10.7 Å². The Kier molecular flexibility index (Phi) is 3.01. The maximum atomic E-state index is 5.98. The molecule has 0 spiro atoms. The fourth-order valence-electron chi connectivity index (χ4n) is 2.07. The molecule has 0 amide bonds. The van der Waals surface area contributed by atoms with Crippen LogP contribution in [0, 0.1) is 0 Å². The van der Waals surface area contributed by atoms with E-state index in [0.29, 0.717) is 0 Å². The van der Waals surface area contributed by atoms with E-state index >= 15 is 0 Å². The van der Waals surface area contributed by atoms with Gasteiger partial charge in [0.05, 0.1) is 0 Å². The molecular formula is C14H20N2. The average Bonchev–Trinajstić information content (AvgIpc) is 2.60. The molecule has 2 aromatic rings. The molecule has 0 saturated carbocycles. The first kappa shape index (κ1) is 11.2. The Balaban J connectivity index is 2.05. The molecule has 0 aliphatic carbocycles. The molecule has 3 N–H and O–H groups in total. The van der Waals surface area contributed by atoms with Crippen LogP contribution in [0.2, 0.25) is 0 Å². The van der Waals surface area contributed by atoms with Gasteiger partial charge >= 0.3 is 0 Å². The number of fused-ring (bicyclic) bond motifs is 1. The lowest BCUT2D eigenvalue weighted by Crippen LogP contribution is -2.31. The van der Waals surface area contributed by atoms with Crippen LogP contribution in [0.4, 0.5) is 0 Å². The van der Waals surface area contributed by atoms with Crippen LogP contribution >= 0.6 is 0 Å². The monoisotopic (exact) mass is 216 g/mol. The maximum Gasteiger partial charge on any atom is 0.0456 e. The molecule has 2 rings (SSSR count). The Bertz CT molecular complexity index is 463. The summed E-state index contributed by atoms with van der Waals surface area (Å²) in [5.74, 6) is 0. The van der Waals surface area contributed by atoms with Gasteiger partial charge in [0.2, 0.25) is 0 Å². The number of hydrogen-bond donors (Lipinski definition) is 2. The van der Waals surface area contributed by atoms with Crippen LogP contribution in [-0.2, 0) is 6.42 Å². The Morgan fingerprint density at radius 1 is 1.25 bits per heavy atom. The lowest BCUT2D eigenvalue weighted by atomic mass is 9.97. The quantitative estimate of drug-likeness (QED) is 0.809. The number of para-hydroxylation sites is 1. The summed E-state index contributed by atoms with van der Waals surface area (Å²) in [4.78, 5) is 3.30. The van der Waals surface area contributed by atoms with Crippen LogP contribution in [0.15, 0.2) is 30.5 Å². The van der Waals surface area contributed by atoms with Gasteiger partial charge in [0.1, 0.15) is 0 Å². The van der Waals surface area contributed by atoms with Gasteiger partial charge in [0.25, 0.3) is 0 Å². The van der Waals surface area contributed by atoms with Gasteiger partial charge in [-0.1, -0.05) is 18.2 Å². The molecule has 0 fully saturated rings. The van der Waals surface area contributed by atoms with Crippen molar-refractivity contribution in [2.45, 2.75) is 38.6 Å². The van der Waals surface area contributed by atoms with Crippen molar-refractivity contribution in [3.63, 3.8) is 0 Å². The van der Waals surface area contributed by atoms with Gasteiger partial charge in [0, 0.05) is 22.6 Å². The van der Waals surface area contributed by atoms with E-state index in [0.717, 1.165) is 19.3 Å². The number of hydrogen-bond acceptors (Lipinski definition) is 1. The lowest BCUT2D eigenvalue weighted by Gasteiger charge is -2.17. The van der Waals surface area contributed by atoms with Gasteiger partial charge in [-0.15, -0.1) is 0 Å². The first-order chi connectivity index (χ1) is 7.56. The van der Waals surface area contributed by atoms with E-state index in [1.807, 2.05) is 0 Å².